The molecular formula is C25H29ClN2O. The summed E-state index contributed by atoms with van der Waals surface area (Å²) in [4.78, 5) is 6.15. The van der Waals surface area contributed by atoms with Gasteiger partial charge in [-0.2, -0.15) is 0 Å². The maximum atomic E-state index is 6.55. The Bertz CT molecular complexity index is 1050. The number of hydrogen-bond acceptors (Lipinski definition) is 2. The van der Waals surface area contributed by atoms with E-state index in [1.54, 1.807) is 0 Å². The number of nitrogens with zero attached hydrogens (tertiary/aromatic N) is 1. The lowest BCUT2D eigenvalue weighted by atomic mass is 9.68. The summed E-state index contributed by atoms with van der Waals surface area (Å²) in [5, 5.41) is 2.12. The number of halogens is 1. The summed E-state index contributed by atoms with van der Waals surface area (Å²) in [6.07, 6.45) is 5.16. The van der Waals surface area contributed by atoms with Crippen LogP contribution in [0.5, 0.6) is 0 Å². The summed E-state index contributed by atoms with van der Waals surface area (Å²) in [6.45, 7) is 2.85. The molecule has 152 valence electrons. The van der Waals surface area contributed by atoms with Gasteiger partial charge in [-0.1, -0.05) is 41.9 Å². The second-order valence-electron chi connectivity index (χ2n) is 9.01. The van der Waals surface area contributed by atoms with Gasteiger partial charge in [0.25, 0.3) is 0 Å². The largest absolute Gasteiger partial charge is 0.368 e. The number of aromatic amines is 1. The predicted octanol–water partition coefficient (Wildman–Crippen LogP) is 5.93. The highest BCUT2D eigenvalue weighted by Gasteiger charge is 2.49. The van der Waals surface area contributed by atoms with Crippen LogP contribution in [-0.4, -0.2) is 30.6 Å². The average molecular weight is 409 g/mol. The van der Waals surface area contributed by atoms with Crippen molar-refractivity contribution in [2.24, 2.45) is 0 Å². The zero-order valence-corrected chi connectivity index (χ0v) is 18.3. The van der Waals surface area contributed by atoms with Crippen molar-refractivity contribution in [3.05, 3.63) is 69.9 Å². The molecule has 0 radical (unpaired) electrons. The molecule has 2 aromatic carbocycles. The first kappa shape index (κ1) is 19.2. The summed E-state index contributed by atoms with van der Waals surface area (Å²) in [5.74, 6) is 0. The van der Waals surface area contributed by atoms with E-state index < -0.39 is 0 Å². The number of rotatable bonds is 2. The number of fused-ring (bicyclic) bond motifs is 4. The number of benzene rings is 2. The topological polar surface area (TPSA) is 28.3 Å². The monoisotopic (exact) mass is 408 g/mol. The molecule has 3 nitrogen and oxygen atoms in total. The molecule has 1 aliphatic carbocycles. The van der Waals surface area contributed by atoms with Crippen molar-refractivity contribution >= 4 is 22.5 Å². The molecule has 0 unspecified atom stereocenters. The van der Waals surface area contributed by atoms with Crippen LogP contribution in [0, 0.1) is 6.92 Å². The van der Waals surface area contributed by atoms with Crippen LogP contribution < -0.4 is 0 Å². The molecule has 1 fully saturated rings. The number of nitrogens with one attached hydrogen (secondary N) is 1. The summed E-state index contributed by atoms with van der Waals surface area (Å²) in [6, 6.07) is 15.3. The van der Waals surface area contributed by atoms with Crippen LogP contribution in [0.2, 0.25) is 5.02 Å². The lowest BCUT2D eigenvalue weighted by Gasteiger charge is -2.50. The van der Waals surface area contributed by atoms with Gasteiger partial charge in [0, 0.05) is 21.5 Å². The first-order chi connectivity index (χ1) is 14.0. The number of ether oxygens (including phenoxy) is 1. The highest BCUT2D eigenvalue weighted by molar-refractivity contribution is 6.32. The normalized spacial score (nSPS) is 26.9. The first-order valence-corrected chi connectivity index (χ1v) is 11.0. The van der Waals surface area contributed by atoms with E-state index in [9.17, 15) is 0 Å². The van der Waals surface area contributed by atoms with Gasteiger partial charge in [-0.15, -0.1) is 0 Å². The molecule has 1 saturated carbocycles. The van der Waals surface area contributed by atoms with Crippen molar-refractivity contribution in [3.8, 4) is 0 Å². The Hall–Kier alpha value is -1.81. The van der Waals surface area contributed by atoms with Gasteiger partial charge in [-0.3, -0.25) is 4.90 Å². The van der Waals surface area contributed by atoms with Crippen LogP contribution in [-0.2, 0) is 22.3 Å². The van der Waals surface area contributed by atoms with E-state index in [0.29, 0.717) is 0 Å². The first-order valence-electron chi connectivity index (χ1n) is 10.6. The molecule has 0 bridgehead atoms. The summed E-state index contributed by atoms with van der Waals surface area (Å²) in [5.41, 5.74) is 6.28. The van der Waals surface area contributed by atoms with Gasteiger partial charge in [-0.25, -0.2) is 0 Å². The number of aryl methyl sites for hydroxylation is 1. The van der Waals surface area contributed by atoms with Gasteiger partial charge < -0.3 is 9.72 Å². The van der Waals surface area contributed by atoms with E-state index in [4.69, 9.17) is 16.3 Å². The molecule has 1 spiro atoms. The minimum atomic E-state index is -0.207. The smallest absolute Gasteiger partial charge is 0.108 e. The molecule has 29 heavy (non-hydrogen) atoms. The van der Waals surface area contributed by atoms with Crippen molar-refractivity contribution in [3.63, 3.8) is 0 Å². The number of aromatic nitrogens is 1. The molecule has 2 aliphatic rings. The standard InChI is InChI=1S/C25H29ClN2O/c1-17-15-22-20(16-21(17)26)19-9-14-29-25(23(19)27-22)12-10-24(11-13-25,28(2)3)18-7-5-4-6-8-18/h4-8,15-16,27H,9-14H2,1-3H3. The summed E-state index contributed by atoms with van der Waals surface area (Å²) >= 11 is 6.45. The van der Waals surface area contributed by atoms with E-state index in [1.165, 1.54) is 27.7 Å². The predicted molar refractivity (Wildman–Crippen MR) is 120 cm³/mol. The number of hydrogen-bond donors (Lipinski definition) is 1. The van der Waals surface area contributed by atoms with E-state index >= 15 is 0 Å². The molecular weight excluding hydrogens is 380 g/mol. The third-order valence-corrected chi connectivity index (χ3v) is 7.83. The number of H-pyrrole nitrogens is 1. The minimum absolute atomic E-state index is 0.0688. The quantitative estimate of drug-likeness (QED) is 0.569. The zero-order chi connectivity index (χ0) is 20.2. The maximum Gasteiger partial charge on any atom is 0.108 e. The van der Waals surface area contributed by atoms with Crippen molar-refractivity contribution in [1.82, 2.24) is 9.88 Å². The van der Waals surface area contributed by atoms with Gasteiger partial charge in [-0.05, 0) is 81.9 Å². The van der Waals surface area contributed by atoms with Crippen molar-refractivity contribution in [2.45, 2.75) is 50.2 Å². The van der Waals surface area contributed by atoms with Gasteiger partial charge in [0.2, 0.25) is 0 Å². The Kier molecular flexibility index (Phi) is 4.54. The average Bonchev–Trinajstić information content (AvgIpc) is 3.09. The Morgan fingerprint density at radius 3 is 2.45 bits per heavy atom. The van der Waals surface area contributed by atoms with Crippen molar-refractivity contribution in [1.29, 1.82) is 0 Å². The Balaban J connectivity index is 1.55. The molecule has 5 rings (SSSR count). The molecule has 4 heteroatoms. The van der Waals surface area contributed by atoms with Crippen LogP contribution in [0.1, 0.15) is 48.1 Å². The van der Waals surface area contributed by atoms with E-state index in [0.717, 1.165) is 49.3 Å². The third-order valence-electron chi connectivity index (χ3n) is 7.42. The summed E-state index contributed by atoms with van der Waals surface area (Å²) < 4.78 is 6.55. The molecule has 3 aromatic rings. The fourth-order valence-corrected chi connectivity index (χ4v) is 5.82. The lowest BCUT2D eigenvalue weighted by Crippen LogP contribution is -2.50. The van der Waals surface area contributed by atoms with Gasteiger partial charge in [0.1, 0.15) is 5.60 Å². The lowest BCUT2D eigenvalue weighted by molar-refractivity contribution is -0.113. The zero-order valence-electron chi connectivity index (χ0n) is 17.5. The Morgan fingerprint density at radius 2 is 1.76 bits per heavy atom. The van der Waals surface area contributed by atoms with Crippen LogP contribution >= 0.6 is 11.6 Å². The third kappa shape index (κ3) is 2.86. The molecule has 1 aliphatic heterocycles. The van der Waals surface area contributed by atoms with Crippen LogP contribution in [0.3, 0.4) is 0 Å². The highest BCUT2D eigenvalue weighted by atomic mass is 35.5. The molecule has 1 aromatic heterocycles. The Labute approximate surface area is 178 Å². The van der Waals surface area contributed by atoms with Crippen LogP contribution in [0.25, 0.3) is 10.9 Å². The molecule has 0 amide bonds. The van der Waals surface area contributed by atoms with E-state index in [1.807, 2.05) is 0 Å². The van der Waals surface area contributed by atoms with Crippen LogP contribution in [0.15, 0.2) is 42.5 Å². The Morgan fingerprint density at radius 1 is 1.03 bits per heavy atom. The fraction of sp³-hybridized carbons (Fsp3) is 0.440. The van der Waals surface area contributed by atoms with Gasteiger partial charge >= 0.3 is 0 Å². The molecule has 1 N–H and O–H groups in total. The fourth-order valence-electron chi connectivity index (χ4n) is 5.65. The van der Waals surface area contributed by atoms with Crippen molar-refractivity contribution in [2.75, 3.05) is 20.7 Å². The second kappa shape index (κ2) is 6.87. The van der Waals surface area contributed by atoms with Gasteiger partial charge in [0.05, 0.1) is 12.3 Å². The minimum Gasteiger partial charge on any atom is -0.368 e. The summed E-state index contributed by atoms with van der Waals surface area (Å²) in [7, 11) is 4.43. The molecule has 2 heterocycles. The second-order valence-corrected chi connectivity index (χ2v) is 9.42. The van der Waals surface area contributed by atoms with Crippen molar-refractivity contribution < 1.29 is 4.74 Å². The SMILES string of the molecule is Cc1cc2[nH]c3c(c2cc1Cl)CCOC31CCC(c2ccccc2)(N(C)C)CC1. The maximum absolute atomic E-state index is 6.55. The van der Waals surface area contributed by atoms with Crippen LogP contribution in [0.4, 0.5) is 0 Å². The van der Waals surface area contributed by atoms with E-state index in [-0.39, 0.29) is 11.1 Å². The molecule has 0 atom stereocenters. The van der Waals surface area contributed by atoms with Gasteiger partial charge in [0.15, 0.2) is 0 Å². The van der Waals surface area contributed by atoms with E-state index in [2.05, 4.69) is 73.4 Å². The molecule has 0 saturated heterocycles. The highest BCUT2D eigenvalue weighted by Crippen LogP contribution is 2.52.